The third-order valence-corrected chi connectivity index (χ3v) is 4.99. The molecule has 2 aliphatic rings. The normalized spacial score (nSPS) is 24.8. The molecule has 1 aromatic rings. The number of fused-ring (bicyclic) bond motifs is 1. The molecule has 0 unspecified atom stereocenters. The van der Waals surface area contributed by atoms with Crippen LogP contribution in [0.1, 0.15) is 51.5 Å². The molecule has 1 aromatic carbocycles. The van der Waals surface area contributed by atoms with Crippen molar-refractivity contribution in [3.8, 4) is 0 Å². The Balaban J connectivity index is 1.91. The van der Waals surface area contributed by atoms with Crippen molar-refractivity contribution in [1.29, 1.82) is 0 Å². The van der Waals surface area contributed by atoms with Gasteiger partial charge in [0.05, 0.1) is 11.2 Å². The second-order valence-corrected chi connectivity index (χ2v) is 7.00. The number of rotatable bonds is 1. The van der Waals surface area contributed by atoms with Crippen LogP contribution in [0.15, 0.2) is 18.2 Å². The van der Waals surface area contributed by atoms with E-state index in [-0.39, 0.29) is 17.5 Å². The van der Waals surface area contributed by atoms with Gasteiger partial charge in [-0.2, -0.15) is 0 Å². The first-order valence-corrected chi connectivity index (χ1v) is 7.50. The van der Waals surface area contributed by atoms with Crippen LogP contribution < -0.4 is 4.90 Å². The molecule has 0 amide bonds. The average molecular weight is 275 g/mol. The Morgan fingerprint density at radius 3 is 2.40 bits per heavy atom. The van der Waals surface area contributed by atoms with Crippen molar-refractivity contribution in [2.24, 2.45) is 0 Å². The van der Waals surface area contributed by atoms with E-state index in [0.717, 1.165) is 12.1 Å². The fourth-order valence-corrected chi connectivity index (χ4v) is 2.90. The van der Waals surface area contributed by atoms with Crippen LogP contribution in [0.2, 0.25) is 0 Å². The van der Waals surface area contributed by atoms with Crippen LogP contribution >= 0.6 is 0 Å². The van der Waals surface area contributed by atoms with Crippen molar-refractivity contribution in [2.45, 2.75) is 58.0 Å². The molecule has 20 heavy (non-hydrogen) atoms. The summed E-state index contributed by atoms with van der Waals surface area (Å²) in [5.74, 6) is 0. The van der Waals surface area contributed by atoms with E-state index in [1.807, 2.05) is 0 Å². The predicted octanol–water partition coefficient (Wildman–Crippen LogP) is 3.67. The summed E-state index contributed by atoms with van der Waals surface area (Å²) in [4.78, 5) is 2.33. The van der Waals surface area contributed by atoms with Gasteiger partial charge < -0.3 is 14.4 Å². The lowest BCUT2D eigenvalue weighted by atomic mass is 9.90. The number of hydrogen-bond donors (Lipinski definition) is 0. The van der Waals surface area contributed by atoms with Crippen molar-refractivity contribution in [1.82, 2.24) is 0 Å². The smallest absolute Gasteiger partial charge is 0.185 e. The molecule has 3 rings (SSSR count). The third-order valence-electron chi connectivity index (χ3n) is 4.99. The first kappa shape index (κ1) is 13.9. The van der Waals surface area contributed by atoms with E-state index in [2.05, 4.69) is 57.8 Å². The second-order valence-electron chi connectivity index (χ2n) is 7.00. The summed E-state index contributed by atoms with van der Waals surface area (Å²) in [6.45, 7) is 9.50. The predicted molar refractivity (Wildman–Crippen MR) is 81.1 cm³/mol. The molecule has 1 fully saturated rings. The van der Waals surface area contributed by atoms with Gasteiger partial charge in [0.1, 0.15) is 0 Å². The Hall–Kier alpha value is -1.06. The number of benzene rings is 1. The van der Waals surface area contributed by atoms with Crippen molar-refractivity contribution in [3.63, 3.8) is 0 Å². The summed E-state index contributed by atoms with van der Waals surface area (Å²) < 4.78 is 12.3. The van der Waals surface area contributed by atoms with Gasteiger partial charge in [0.15, 0.2) is 6.29 Å². The van der Waals surface area contributed by atoms with Crippen LogP contribution in [0.4, 0.5) is 5.69 Å². The molecule has 0 spiro atoms. The van der Waals surface area contributed by atoms with Gasteiger partial charge in [-0.05, 0) is 52.2 Å². The van der Waals surface area contributed by atoms with Gasteiger partial charge in [-0.25, -0.2) is 0 Å². The highest BCUT2D eigenvalue weighted by atomic mass is 16.7. The summed E-state index contributed by atoms with van der Waals surface area (Å²) in [5, 5.41) is 0. The molecule has 0 aromatic heterocycles. The zero-order valence-corrected chi connectivity index (χ0v) is 13.2. The number of hydrogen-bond acceptors (Lipinski definition) is 3. The highest BCUT2D eigenvalue weighted by Crippen LogP contribution is 2.45. The van der Waals surface area contributed by atoms with Crippen LogP contribution in [0, 0.1) is 0 Å². The highest BCUT2D eigenvalue weighted by Gasteiger charge is 2.49. The monoisotopic (exact) mass is 275 g/mol. The maximum atomic E-state index is 6.14. The van der Waals surface area contributed by atoms with E-state index >= 15 is 0 Å². The lowest BCUT2D eigenvalue weighted by Crippen LogP contribution is -2.41. The Morgan fingerprint density at radius 1 is 1.10 bits per heavy atom. The zero-order valence-electron chi connectivity index (χ0n) is 13.2. The van der Waals surface area contributed by atoms with Crippen LogP contribution in [0.5, 0.6) is 0 Å². The molecule has 0 atom stereocenters. The van der Waals surface area contributed by atoms with E-state index in [0.29, 0.717) is 0 Å². The zero-order chi connectivity index (χ0) is 14.5. The standard InChI is InChI=1S/C17H25NO2/c1-16(2)17(3,4)20-15(19-16)13-9-8-12-7-6-10-18(5)14(12)11-13/h8-9,11,15H,6-7,10H2,1-5H3. The first-order valence-electron chi connectivity index (χ1n) is 7.50. The molecule has 0 bridgehead atoms. The lowest BCUT2D eigenvalue weighted by molar-refractivity contribution is -0.0895. The molecule has 2 heterocycles. The van der Waals surface area contributed by atoms with Crippen LogP contribution in [-0.2, 0) is 15.9 Å². The number of ether oxygens (including phenoxy) is 2. The number of nitrogens with zero attached hydrogens (tertiary/aromatic N) is 1. The minimum absolute atomic E-state index is 0.263. The van der Waals surface area contributed by atoms with Crippen LogP contribution in [0.3, 0.4) is 0 Å². The van der Waals surface area contributed by atoms with Crippen molar-refractivity contribution in [3.05, 3.63) is 29.3 Å². The van der Waals surface area contributed by atoms with Crippen molar-refractivity contribution in [2.75, 3.05) is 18.5 Å². The summed E-state index contributed by atoms with van der Waals surface area (Å²) in [6.07, 6.45) is 2.14. The molecule has 2 aliphatic heterocycles. The Bertz CT molecular complexity index is 506. The molecule has 0 radical (unpaired) electrons. The molecule has 1 saturated heterocycles. The van der Waals surface area contributed by atoms with Gasteiger partial charge in [0.25, 0.3) is 0 Å². The van der Waals surface area contributed by atoms with E-state index in [9.17, 15) is 0 Å². The van der Waals surface area contributed by atoms with E-state index in [1.165, 1.54) is 24.1 Å². The minimum Gasteiger partial charge on any atom is -0.374 e. The topological polar surface area (TPSA) is 21.7 Å². The average Bonchev–Trinajstić information content (AvgIpc) is 2.59. The maximum absolute atomic E-state index is 6.14. The summed E-state index contributed by atoms with van der Waals surface area (Å²) in [7, 11) is 2.16. The summed E-state index contributed by atoms with van der Waals surface area (Å²) in [5.41, 5.74) is 3.32. The van der Waals surface area contributed by atoms with Gasteiger partial charge in [-0.1, -0.05) is 12.1 Å². The number of aryl methyl sites for hydroxylation is 1. The fourth-order valence-electron chi connectivity index (χ4n) is 2.90. The highest BCUT2D eigenvalue weighted by molar-refractivity contribution is 5.57. The second kappa shape index (κ2) is 4.47. The van der Waals surface area contributed by atoms with Gasteiger partial charge in [-0.3, -0.25) is 0 Å². The largest absolute Gasteiger partial charge is 0.374 e. The number of anilines is 1. The van der Waals surface area contributed by atoms with Gasteiger partial charge in [0.2, 0.25) is 0 Å². The molecule has 3 heteroatoms. The fraction of sp³-hybridized carbons (Fsp3) is 0.647. The van der Waals surface area contributed by atoms with Crippen LogP contribution in [0.25, 0.3) is 0 Å². The lowest BCUT2D eigenvalue weighted by Gasteiger charge is -2.30. The van der Waals surface area contributed by atoms with Gasteiger partial charge in [0, 0.05) is 24.8 Å². The molecule has 0 N–H and O–H groups in total. The third kappa shape index (κ3) is 2.13. The maximum Gasteiger partial charge on any atom is 0.185 e. The SMILES string of the molecule is CN1CCCc2ccc(C3OC(C)(C)C(C)(C)O3)cc21. The minimum atomic E-state index is -0.278. The molecule has 110 valence electrons. The van der Waals surface area contributed by atoms with E-state index < -0.39 is 0 Å². The van der Waals surface area contributed by atoms with E-state index in [4.69, 9.17) is 9.47 Å². The Labute approximate surface area is 121 Å². The van der Waals surface area contributed by atoms with E-state index in [1.54, 1.807) is 0 Å². The summed E-state index contributed by atoms with van der Waals surface area (Å²) in [6, 6.07) is 6.61. The van der Waals surface area contributed by atoms with Crippen LogP contribution in [-0.4, -0.2) is 24.8 Å². The quantitative estimate of drug-likeness (QED) is 0.780. The van der Waals surface area contributed by atoms with Gasteiger partial charge >= 0.3 is 0 Å². The van der Waals surface area contributed by atoms with Crippen molar-refractivity contribution < 1.29 is 9.47 Å². The van der Waals surface area contributed by atoms with Gasteiger partial charge in [-0.15, -0.1) is 0 Å². The molecule has 0 aliphatic carbocycles. The molecular formula is C17H25NO2. The van der Waals surface area contributed by atoms with Crippen molar-refractivity contribution >= 4 is 5.69 Å². The molecule has 3 nitrogen and oxygen atoms in total. The first-order chi connectivity index (χ1) is 9.30. The molecular weight excluding hydrogens is 250 g/mol. The molecule has 0 saturated carbocycles. The summed E-state index contributed by atoms with van der Waals surface area (Å²) >= 11 is 0. The Morgan fingerprint density at radius 2 is 1.75 bits per heavy atom. The Kier molecular flexibility index (Phi) is 3.11.